The van der Waals surface area contributed by atoms with Gasteiger partial charge in [0.2, 0.25) is 0 Å². The largest absolute Gasteiger partial charge is 0.481 e. The molecule has 0 unspecified atom stereocenters. The zero-order chi connectivity index (χ0) is 9.61. The van der Waals surface area contributed by atoms with Crippen molar-refractivity contribution in [3.8, 4) is 0 Å². The second-order valence-corrected chi connectivity index (χ2v) is 4.00. The van der Waals surface area contributed by atoms with E-state index in [0.717, 1.165) is 19.3 Å². The summed E-state index contributed by atoms with van der Waals surface area (Å²) in [5.41, 5.74) is -0.534. The fourth-order valence-corrected chi connectivity index (χ4v) is 1.10. The van der Waals surface area contributed by atoms with Crippen LogP contribution in [0.4, 0.5) is 0 Å². The Hall–Kier alpha value is 1.04. The topological polar surface area (TPSA) is 37.3 Å². The monoisotopic (exact) mass is 310 g/mol. The average molecular weight is 310 g/mol. The zero-order valence-electron chi connectivity index (χ0n) is 9.10. The van der Waals surface area contributed by atoms with Gasteiger partial charge in [-0.05, 0) is 20.3 Å². The van der Waals surface area contributed by atoms with E-state index in [1.54, 1.807) is 13.8 Å². The van der Waals surface area contributed by atoms with Crippen molar-refractivity contribution in [1.82, 2.24) is 0 Å². The van der Waals surface area contributed by atoms with Gasteiger partial charge in [-0.15, -0.1) is 0 Å². The van der Waals surface area contributed by atoms with Crippen molar-refractivity contribution in [2.75, 3.05) is 0 Å². The van der Waals surface area contributed by atoms with E-state index in [4.69, 9.17) is 5.11 Å². The molecule has 2 nitrogen and oxygen atoms in total. The number of aliphatic carboxylic acids is 1. The normalized spacial score (nSPS) is 10.7. The molecule has 1 N–H and O–H groups in total. The molecule has 3 heteroatoms. The van der Waals surface area contributed by atoms with Crippen molar-refractivity contribution in [2.45, 2.75) is 52.9 Å². The third-order valence-electron chi connectivity index (χ3n) is 2.23. The molecule has 0 aliphatic carbocycles. The van der Waals surface area contributed by atoms with E-state index in [-0.39, 0.29) is 48.9 Å². The maximum absolute atomic E-state index is 10.7. The molecular formula is C10H20BaO2. The predicted octanol–water partition coefficient (Wildman–Crippen LogP) is 2.69. The summed E-state index contributed by atoms with van der Waals surface area (Å²) in [5, 5.41) is 8.80. The third kappa shape index (κ3) is 8.06. The van der Waals surface area contributed by atoms with E-state index in [2.05, 4.69) is 6.92 Å². The van der Waals surface area contributed by atoms with Crippen LogP contribution in [0.15, 0.2) is 0 Å². The van der Waals surface area contributed by atoms with Crippen molar-refractivity contribution in [1.29, 1.82) is 0 Å². The third-order valence-corrected chi connectivity index (χ3v) is 2.23. The van der Waals surface area contributed by atoms with E-state index in [1.165, 1.54) is 12.8 Å². The van der Waals surface area contributed by atoms with Crippen molar-refractivity contribution in [3.05, 3.63) is 0 Å². The molecule has 0 heterocycles. The predicted molar refractivity (Wildman–Crippen MR) is 55.9 cm³/mol. The first-order valence-electron chi connectivity index (χ1n) is 4.74. The van der Waals surface area contributed by atoms with E-state index in [0.29, 0.717) is 0 Å². The first-order chi connectivity index (χ1) is 5.50. The van der Waals surface area contributed by atoms with Crippen LogP contribution in [0.1, 0.15) is 52.9 Å². The molecule has 0 aromatic heterocycles. The van der Waals surface area contributed by atoms with E-state index in [9.17, 15) is 4.79 Å². The molecule has 0 aliphatic heterocycles. The molecule has 2 radical (unpaired) electrons. The molecule has 74 valence electrons. The first kappa shape index (κ1) is 16.5. The Morgan fingerprint density at radius 3 is 2.15 bits per heavy atom. The van der Waals surface area contributed by atoms with Crippen LogP contribution in [-0.2, 0) is 4.79 Å². The number of rotatable bonds is 6. The summed E-state index contributed by atoms with van der Waals surface area (Å²) in [7, 11) is 0. The molecule has 0 bridgehead atoms. The number of hydrogen-bond donors (Lipinski definition) is 1. The van der Waals surface area contributed by atoms with Crippen LogP contribution in [0, 0.1) is 5.41 Å². The first-order valence-corrected chi connectivity index (χ1v) is 4.74. The second kappa shape index (κ2) is 8.36. The minimum Gasteiger partial charge on any atom is -0.481 e. The van der Waals surface area contributed by atoms with Crippen molar-refractivity contribution in [3.63, 3.8) is 0 Å². The number of carboxylic acids is 1. The summed E-state index contributed by atoms with van der Waals surface area (Å²) < 4.78 is 0. The summed E-state index contributed by atoms with van der Waals surface area (Å²) in [6.07, 6.45) is 5.41. The standard InChI is InChI=1S/C10H20O2.Ba/c1-4-5-6-7-8-10(2,3)9(11)12;/h4-8H2,1-3H3,(H,11,12);. The molecule has 0 aliphatic rings. The molecule has 13 heavy (non-hydrogen) atoms. The molecule has 0 saturated heterocycles. The maximum atomic E-state index is 10.7. The number of hydrogen-bond acceptors (Lipinski definition) is 1. The van der Waals surface area contributed by atoms with Crippen molar-refractivity contribution < 1.29 is 9.90 Å². The second-order valence-electron chi connectivity index (χ2n) is 4.00. The van der Waals surface area contributed by atoms with Gasteiger partial charge in [0.1, 0.15) is 0 Å². The average Bonchev–Trinajstić information content (AvgIpc) is 1.98. The molecule has 0 aromatic rings. The van der Waals surface area contributed by atoms with Gasteiger partial charge < -0.3 is 5.11 Å². The Kier molecular flexibility index (Phi) is 10.6. The van der Waals surface area contributed by atoms with Gasteiger partial charge in [0.05, 0.1) is 5.41 Å². The van der Waals surface area contributed by atoms with Crippen LogP contribution >= 0.6 is 0 Å². The quantitative estimate of drug-likeness (QED) is 0.605. The smallest absolute Gasteiger partial charge is 0.309 e. The van der Waals surface area contributed by atoms with Gasteiger partial charge in [-0.3, -0.25) is 4.79 Å². The van der Waals surface area contributed by atoms with E-state index in [1.807, 2.05) is 0 Å². The minimum atomic E-state index is -0.681. The van der Waals surface area contributed by atoms with Gasteiger partial charge >= 0.3 is 5.97 Å². The maximum Gasteiger partial charge on any atom is 0.309 e. The molecule has 0 rings (SSSR count). The van der Waals surface area contributed by atoms with Crippen LogP contribution < -0.4 is 0 Å². The van der Waals surface area contributed by atoms with Crippen molar-refractivity contribution in [2.24, 2.45) is 5.41 Å². The summed E-state index contributed by atoms with van der Waals surface area (Å²) in [4.78, 5) is 10.7. The summed E-state index contributed by atoms with van der Waals surface area (Å²) in [6.45, 7) is 5.74. The van der Waals surface area contributed by atoms with Gasteiger partial charge in [-0.25, -0.2) is 0 Å². The van der Waals surface area contributed by atoms with Gasteiger partial charge in [-0.1, -0.05) is 32.6 Å². The number of unbranched alkanes of at least 4 members (excludes halogenated alkanes) is 3. The Balaban J connectivity index is 0. The minimum absolute atomic E-state index is 0. The van der Waals surface area contributed by atoms with Gasteiger partial charge in [-0.2, -0.15) is 0 Å². The molecule has 0 amide bonds. The number of carboxylic acid groups (broad SMARTS) is 1. The fourth-order valence-electron chi connectivity index (χ4n) is 1.10. The summed E-state index contributed by atoms with van der Waals surface area (Å²) >= 11 is 0. The summed E-state index contributed by atoms with van der Waals surface area (Å²) in [6, 6.07) is 0. The van der Waals surface area contributed by atoms with Crippen LogP contribution in [0.3, 0.4) is 0 Å². The summed E-state index contributed by atoms with van der Waals surface area (Å²) in [5.74, 6) is -0.681. The zero-order valence-corrected chi connectivity index (χ0v) is 13.5. The van der Waals surface area contributed by atoms with Crippen molar-refractivity contribution >= 4 is 54.9 Å². The van der Waals surface area contributed by atoms with Crippen LogP contribution in [0.25, 0.3) is 0 Å². The van der Waals surface area contributed by atoms with Crippen LogP contribution in [0.5, 0.6) is 0 Å². The molecule has 0 atom stereocenters. The molecule has 0 aromatic carbocycles. The van der Waals surface area contributed by atoms with Crippen LogP contribution in [0.2, 0.25) is 0 Å². The van der Waals surface area contributed by atoms with Gasteiger partial charge in [0.25, 0.3) is 0 Å². The van der Waals surface area contributed by atoms with E-state index >= 15 is 0 Å². The van der Waals surface area contributed by atoms with Crippen LogP contribution in [-0.4, -0.2) is 60.0 Å². The SMILES string of the molecule is CCCCCCC(C)(C)C(=O)O.[Ba]. The molecular weight excluding hydrogens is 289 g/mol. The Bertz CT molecular complexity index is 144. The Morgan fingerprint density at radius 2 is 1.77 bits per heavy atom. The molecule has 0 fully saturated rings. The molecule has 0 spiro atoms. The number of carbonyl (C=O) groups is 1. The fraction of sp³-hybridized carbons (Fsp3) is 0.900. The molecule has 0 saturated carbocycles. The van der Waals surface area contributed by atoms with Gasteiger partial charge in [0.15, 0.2) is 0 Å². The van der Waals surface area contributed by atoms with Gasteiger partial charge in [0, 0.05) is 48.9 Å². The Labute approximate surface area is 122 Å². The van der Waals surface area contributed by atoms with E-state index < -0.39 is 11.4 Å². The Morgan fingerprint density at radius 1 is 1.23 bits per heavy atom.